The molecule has 0 saturated carbocycles. The van der Waals surface area contributed by atoms with Gasteiger partial charge in [-0.1, -0.05) is 12.1 Å². The molecule has 1 aromatic carbocycles. The molecule has 6 heteroatoms. The Morgan fingerprint density at radius 2 is 1.81 bits per heavy atom. The quantitative estimate of drug-likeness (QED) is 0.782. The molecule has 0 radical (unpaired) electrons. The number of amides is 1. The molecule has 0 aliphatic heterocycles. The van der Waals surface area contributed by atoms with Gasteiger partial charge in [-0.2, -0.15) is 0 Å². The summed E-state index contributed by atoms with van der Waals surface area (Å²) in [6, 6.07) is 6.64. The minimum Gasteiger partial charge on any atom is -0.423 e. The van der Waals surface area contributed by atoms with Crippen LogP contribution in [0.25, 0.3) is 0 Å². The highest BCUT2D eigenvalue weighted by molar-refractivity contribution is 6.60. The van der Waals surface area contributed by atoms with E-state index in [0.29, 0.717) is 11.0 Å². The molecule has 1 amide bonds. The highest BCUT2D eigenvalue weighted by Gasteiger charge is 2.39. The minimum atomic E-state index is -1.22. The molecule has 1 rings (SSSR count). The number of hydrogen-bond acceptors (Lipinski definition) is 4. The molecular formula is C15H24BNO4. The number of aliphatic hydroxyl groups is 1. The summed E-state index contributed by atoms with van der Waals surface area (Å²) in [5.74, 6) is -0.147. The molecule has 0 unspecified atom stereocenters. The third-order valence-electron chi connectivity index (χ3n) is 3.70. The lowest BCUT2D eigenvalue weighted by molar-refractivity contribution is -0.0982. The highest BCUT2D eigenvalue weighted by atomic mass is 16.5. The molecule has 0 saturated heterocycles. The number of rotatable bonds is 5. The molecule has 2 N–H and O–H groups in total. The van der Waals surface area contributed by atoms with Gasteiger partial charge >= 0.3 is 7.12 Å². The Kier molecular flexibility index (Phi) is 5.20. The van der Waals surface area contributed by atoms with Crippen LogP contribution in [0.2, 0.25) is 0 Å². The summed E-state index contributed by atoms with van der Waals surface area (Å²) in [7, 11) is 2.11. The third-order valence-corrected chi connectivity index (χ3v) is 3.70. The van der Waals surface area contributed by atoms with Crippen molar-refractivity contribution < 1.29 is 19.6 Å². The molecular weight excluding hydrogens is 269 g/mol. The van der Waals surface area contributed by atoms with Crippen molar-refractivity contribution in [2.45, 2.75) is 38.9 Å². The van der Waals surface area contributed by atoms with Gasteiger partial charge in [-0.3, -0.25) is 4.79 Å². The van der Waals surface area contributed by atoms with Crippen LogP contribution in [0.4, 0.5) is 0 Å². The lowest BCUT2D eigenvalue weighted by Crippen LogP contribution is -2.53. The van der Waals surface area contributed by atoms with Gasteiger partial charge in [0, 0.05) is 19.7 Å². The number of hydrogen-bond donors (Lipinski definition) is 2. The van der Waals surface area contributed by atoms with E-state index in [0.717, 1.165) is 0 Å². The molecule has 0 spiro atoms. The van der Waals surface area contributed by atoms with Crippen molar-refractivity contribution in [2.75, 3.05) is 14.1 Å². The first-order valence-electron chi connectivity index (χ1n) is 6.85. The van der Waals surface area contributed by atoms with Crippen LogP contribution in [0.3, 0.4) is 0 Å². The number of carbonyl (C=O) groups is 1. The van der Waals surface area contributed by atoms with E-state index in [1.165, 1.54) is 4.90 Å². The van der Waals surface area contributed by atoms with Gasteiger partial charge in [0.1, 0.15) is 0 Å². The Morgan fingerprint density at radius 1 is 1.24 bits per heavy atom. The average molecular weight is 293 g/mol. The zero-order valence-corrected chi connectivity index (χ0v) is 13.5. The third kappa shape index (κ3) is 4.30. The molecule has 0 atom stereocenters. The standard InChI is InChI=1S/C15H24BNO4/c1-14(2,19)15(3,4)21-16(20)12-9-7-8-11(10-12)13(18)17(5)6/h7-10,19-20H,1-6H3. The lowest BCUT2D eigenvalue weighted by atomic mass is 9.76. The van der Waals surface area contributed by atoms with Gasteiger partial charge in [-0.15, -0.1) is 0 Å². The van der Waals surface area contributed by atoms with E-state index in [-0.39, 0.29) is 5.91 Å². The molecule has 116 valence electrons. The van der Waals surface area contributed by atoms with E-state index in [2.05, 4.69) is 0 Å². The van der Waals surface area contributed by atoms with E-state index in [4.69, 9.17) is 4.65 Å². The SMILES string of the molecule is CN(C)C(=O)c1cccc(B(O)OC(C)(C)C(C)(C)O)c1. The largest absolute Gasteiger partial charge is 0.491 e. The molecule has 21 heavy (non-hydrogen) atoms. The van der Waals surface area contributed by atoms with Crippen LogP contribution in [0.1, 0.15) is 38.1 Å². The van der Waals surface area contributed by atoms with E-state index in [9.17, 15) is 14.9 Å². The first-order valence-corrected chi connectivity index (χ1v) is 6.85. The molecule has 0 aliphatic carbocycles. The van der Waals surface area contributed by atoms with Crippen molar-refractivity contribution in [3.8, 4) is 0 Å². The summed E-state index contributed by atoms with van der Waals surface area (Å²) < 4.78 is 5.56. The number of nitrogens with zero attached hydrogens (tertiary/aromatic N) is 1. The molecule has 0 bridgehead atoms. The van der Waals surface area contributed by atoms with Gasteiger partial charge in [0.25, 0.3) is 5.91 Å². The minimum absolute atomic E-state index is 0.147. The Balaban J connectivity index is 2.97. The maximum atomic E-state index is 11.9. The van der Waals surface area contributed by atoms with Crippen molar-refractivity contribution in [1.29, 1.82) is 0 Å². The summed E-state index contributed by atoms with van der Waals surface area (Å²) in [4.78, 5) is 13.4. The summed E-state index contributed by atoms with van der Waals surface area (Å²) in [5, 5.41) is 20.3. The van der Waals surface area contributed by atoms with E-state index in [1.54, 1.807) is 66.1 Å². The molecule has 5 nitrogen and oxygen atoms in total. The Labute approximate surface area is 126 Å². The predicted molar refractivity (Wildman–Crippen MR) is 83.5 cm³/mol. The first-order chi connectivity index (χ1) is 9.45. The van der Waals surface area contributed by atoms with Crippen LogP contribution >= 0.6 is 0 Å². The summed E-state index contributed by atoms with van der Waals surface area (Å²) in [5.41, 5.74) is -1.12. The van der Waals surface area contributed by atoms with Crippen molar-refractivity contribution in [2.24, 2.45) is 0 Å². The second-order valence-electron chi connectivity index (χ2n) is 6.36. The van der Waals surface area contributed by atoms with Gasteiger partial charge in [0.05, 0.1) is 11.2 Å². The Bertz CT molecular complexity index is 509. The molecule has 0 aromatic heterocycles. The Morgan fingerprint density at radius 3 is 2.29 bits per heavy atom. The fourth-order valence-corrected chi connectivity index (χ4v) is 1.57. The van der Waals surface area contributed by atoms with Crippen LogP contribution in [-0.2, 0) is 4.65 Å². The van der Waals surface area contributed by atoms with Gasteiger partial charge in [-0.25, -0.2) is 0 Å². The second-order valence-corrected chi connectivity index (χ2v) is 6.36. The second kappa shape index (κ2) is 6.18. The number of carbonyl (C=O) groups excluding carboxylic acids is 1. The monoisotopic (exact) mass is 293 g/mol. The van der Waals surface area contributed by atoms with E-state index < -0.39 is 18.3 Å². The van der Waals surface area contributed by atoms with Gasteiger partial charge in [0.2, 0.25) is 0 Å². The van der Waals surface area contributed by atoms with Crippen LogP contribution in [0.15, 0.2) is 24.3 Å². The van der Waals surface area contributed by atoms with Gasteiger partial charge < -0.3 is 19.7 Å². The average Bonchev–Trinajstić information content (AvgIpc) is 2.36. The highest BCUT2D eigenvalue weighted by Crippen LogP contribution is 2.25. The van der Waals surface area contributed by atoms with Gasteiger partial charge in [0.15, 0.2) is 0 Å². The first kappa shape index (κ1) is 17.7. The smallest absolute Gasteiger partial charge is 0.423 e. The van der Waals surface area contributed by atoms with Crippen LogP contribution in [0.5, 0.6) is 0 Å². The Hall–Kier alpha value is -1.37. The molecule has 1 aromatic rings. The molecule has 0 aliphatic rings. The maximum Gasteiger partial charge on any atom is 0.491 e. The topological polar surface area (TPSA) is 70.0 Å². The fourth-order valence-electron chi connectivity index (χ4n) is 1.57. The summed E-state index contributed by atoms with van der Waals surface area (Å²) >= 11 is 0. The van der Waals surface area contributed by atoms with Crippen LogP contribution in [-0.4, -0.2) is 53.4 Å². The maximum absolute atomic E-state index is 11.9. The summed E-state index contributed by atoms with van der Waals surface area (Å²) in [6.45, 7) is 6.63. The van der Waals surface area contributed by atoms with Crippen molar-refractivity contribution >= 4 is 18.5 Å². The van der Waals surface area contributed by atoms with E-state index >= 15 is 0 Å². The fraction of sp³-hybridized carbons (Fsp3) is 0.533. The van der Waals surface area contributed by atoms with Crippen molar-refractivity contribution in [3.05, 3.63) is 29.8 Å². The zero-order valence-electron chi connectivity index (χ0n) is 13.5. The van der Waals surface area contributed by atoms with E-state index in [1.807, 2.05) is 0 Å². The van der Waals surface area contributed by atoms with Gasteiger partial charge in [-0.05, 0) is 45.3 Å². The van der Waals surface area contributed by atoms with Crippen molar-refractivity contribution in [3.63, 3.8) is 0 Å². The normalized spacial score (nSPS) is 12.2. The van der Waals surface area contributed by atoms with Crippen LogP contribution in [0, 0.1) is 0 Å². The molecule has 0 heterocycles. The molecule has 0 fully saturated rings. The predicted octanol–water partition coefficient (Wildman–Crippen LogP) is 0.642. The number of benzene rings is 1. The lowest BCUT2D eigenvalue weighted by Gasteiger charge is -2.38. The zero-order chi connectivity index (χ0) is 16.4. The van der Waals surface area contributed by atoms with Crippen molar-refractivity contribution in [1.82, 2.24) is 4.90 Å². The van der Waals surface area contributed by atoms with Crippen LogP contribution < -0.4 is 5.46 Å². The summed E-state index contributed by atoms with van der Waals surface area (Å²) in [6.07, 6.45) is 0.